The molecule has 21 heavy (non-hydrogen) atoms. The summed E-state index contributed by atoms with van der Waals surface area (Å²) >= 11 is 6.24. The second-order valence-corrected chi connectivity index (χ2v) is 5.08. The highest BCUT2D eigenvalue weighted by molar-refractivity contribution is 6.32. The second-order valence-electron chi connectivity index (χ2n) is 4.68. The van der Waals surface area contributed by atoms with Crippen molar-refractivity contribution < 1.29 is 14.3 Å². The van der Waals surface area contributed by atoms with Crippen molar-refractivity contribution in [1.82, 2.24) is 5.32 Å². The Hall–Kier alpha value is -1.42. The van der Waals surface area contributed by atoms with Gasteiger partial charge < -0.3 is 14.8 Å². The van der Waals surface area contributed by atoms with E-state index in [1.54, 1.807) is 12.1 Å². The van der Waals surface area contributed by atoms with Gasteiger partial charge in [-0.15, -0.1) is 0 Å². The normalized spacial score (nSPS) is 10.3. The first kappa shape index (κ1) is 17.6. The van der Waals surface area contributed by atoms with Crippen LogP contribution in [0, 0.1) is 0 Å². The molecule has 0 saturated heterocycles. The van der Waals surface area contributed by atoms with Gasteiger partial charge in [-0.25, -0.2) is 0 Å². The molecule has 4 nitrogen and oxygen atoms in total. The minimum atomic E-state index is -0.153. The van der Waals surface area contributed by atoms with Crippen molar-refractivity contribution in [2.75, 3.05) is 19.8 Å². The van der Waals surface area contributed by atoms with Gasteiger partial charge in [0.1, 0.15) is 0 Å². The van der Waals surface area contributed by atoms with Crippen LogP contribution in [0.15, 0.2) is 12.1 Å². The van der Waals surface area contributed by atoms with E-state index in [0.29, 0.717) is 41.8 Å². The van der Waals surface area contributed by atoms with Crippen molar-refractivity contribution in [3.8, 4) is 11.5 Å². The number of rotatable bonds is 9. The van der Waals surface area contributed by atoms with Gasteiger partial charge in [0.2, 0.25) is 0 Å². The average molecular weight is 314 g/mol. The summed E-state index contributed by atoms with van der Waals surface area (Å²) in [6, 6.07) is 3.30. The van der Waals surface area contributed by atoms with Crippen LogP contribution in [-0.2, 0) is 0 Å². The van der Waals surface area contributed by atoms with Crippen LogP contribution in [0.25, 0.3) is 0 Å². The number of hydrogen-bond donors (Lipinski definition) is 1. The number of amides is 1. The Morgan fingerprint density at radius 1 is 1.19 bits per heavy atom. The number of nitrogens with one attached hydrogen (secondary N) is 1. The molecule has 0 spiro atoms. The van der Waals surface area contributed by atoms with Gasteiger partial charge in [0.15, 0.2) is 11.5 Å². The van der Waals surface area contributed by atoms with E-state index in [-0.39, 0.29) is 5.91 Å². The monoisotopic (exact) mass is 313 g/mol. The standard InChI is InChI=1S/C16H24ClNO3/c1-4-7-9-21-15-13(17)10-12(11-14(15)20-6-3)16(19)18-8-5-2/h10-11H,4-9H2,1-3H3,(H,18,19). The van der Waals surface area contributed by atoms with Crippen molar-refractivity contribution >= 4 is 17.5 Å². The molecule has 0 radical (unpaired) electrons. The minimum Gasteiger partial charge on any atom is -0.490 e. The van der Waals surface area contributed by atoms with Gasteiger partial charge in [-0.1, -0.05) is 31.9 Å². The highest BCUT2D eigenvalue weighted by Crippen LogP contribution is 2.36. The lowest BCUT2D eigenvalue weighted by atomic mass is 10.2. The Bertz CT molecular complexity index is 463. The third kappa shape index (κ3) is 5.46. The first-order chi connectivity index (χ1) is 10.1. The quantitative estimate of drug-likeness (QED) is 0.699. The molecule has 0 aliphatic heterocycles. The highest BCUT2D eigenvalue weighted by Gasteiger charge is 2.16. The van der Waals surface area contributed by atoms with Crippen LogP contribution in [0.5, 0.6) is 11.5 Å². The molecule has 0 unspecified atom stereocenters. The molecule has 1 aromatic carbocycles. The number of hydrogen-bond acceptors (Lipinski definition) is 3. The fourth-order valence-corrected chi connectivity index (χ4v) is 2.03. The molecule has 0 aliphatic carbocycles. The zero-order valence-corrected chi connectivity index (χ0v) is 13.8. The van der Waals surface area contributed by atoms with E-state index in [4.69, 9.17) is 21.1 Å². The van der Waals surface area contributed by atoms with Gasteiger partial charge in [0.25, 0.3) is 5.91 Å². The molecule has 0 atom stereocenters. The fourth-order valence-electron chi connectivity index (χ4n) is 1.76. The summed E-state index contributed by atoms with van der Waals surface area (Å²) in [6.45, 7) is 7.68. The van der Waals surface area contributed by atoms with E-state index in [9.17, 15) is 4.79 Å². The van der Waals surface area contributed by atoms with Gasteiger partial charge in [-0.05, 0) is 31.9 Å². The summed E-state index contributed by atoms with van der Waals surface area (Å²) < 4.78 is 11.2. The van der Waals surface area contributed by atoms with Crippen LogP contribution in [0.4, 0.5) is 0 Å². The second kappa shape index (κ2) is 9.50. The Morgan fingerprint density at radius 2 is 1.95 bits per heavy atom. The maximum atomic E-state index is 12.0. The molecular formula is C16H24ClNO3. The number of carbonyl (C=O) groups excluding carboxylic acids is 1. The average Bonchev–Trinajstić information content (AvgIpc) is 2.47. The summed E-state index contributed by atoms with van der Waals surface area (Å²) in [4.78, 5) is 12.0. The summed E-state index contributed by atoms with van der Waals surface area (Å²) in [5, 5.41) is 3.22. The van der Waals surface area contributed by atoms with Gasteiger partial charge in [-0.2, -0.15) is 0 Å². The Kier molecular flexibility index (Phi) is 7.98. The number of halogens is 1. The number of ether oxygens (including phenoxy) is 2. The van der Waals surface area contributed by atoms with Gasteiger partial charge in [0.05, 0.1) is 18.2 Å². The first-order valence-corrected chi connectivity index (χ1v) is 7.89. The first-order valence-electron chi connectivity index (χ1n) is 7.51. The van der Waals surface area contributed by atoms with Crippen LogP contribution in [-0.4, -0.2) is 25.7 Å². The molecular weight excluding hydrogens is 290 g/mol. The molecule has 0 aliphatic rings. The predicted molar refractivity (Wildman–Crippen MR) is 85.6 cm³/mol. The van der Waals surface area contributed by atoms with Crippen LogP contribution >= 0.6 is 11.6 Å². The molecule has 1 amide bonds. The van der Waals surface area contributed by atoms with Crippen molar-refractivity contribution in [1.29, 1.82) is 0 Å². The summed E-state index contributed by atoms with van der Waals surface area (Å²) in [5.41, 5.74) is 0.486. The third-order valence-corrected chi connectivity index (χ3v) is 3.13. The Morgan fingerprint density at radius 3 is 2.57 bits per heavy atom. The summed E-state index contributed by atoms with van der Waals surface area (Å²) in [5.74, 6) is 0.876. The van der Waals surface area contributed by atoms with E-state index in [2.05, 4.69) is 12.2 Å². The van der Waals surface area contributed by atoms with Gasteiger partial charge >= 0.3 is 0 Å². The van der Waals surface area contributed by atoms with Crippen LogP contribution in [0.3, 0.4) is 0 Å². The van der Waals surface area contributed by atoms with Crippen LogP contribution in [0.2, 0.25) is 5.02 Å². The number of benzene rings is 1. The molecule has 0 saturated carbocycles. The summed E-state index contributed by atoms with van der Waals surface area (Å²) in [7, 11) is 0. The van der Waals surface area contributed by atoms with Crippen molar-refractivity contribution in [2.24, 2.45) is 0 Å². The Balaban J connectivity index is 2.96. The lowest BCUT2D eigenvalue weighted by Gasteiger charge is -2.15. The van der Waals surface area contributed by atoms with Crippen LogP contribution < -0.4 is 14.8 Å². The third-order valence-electron chi connectivity index (χ3n) is 2.85. The van der Waals surface area contributed by atoms with Crippen LogP contribution in [0.1, 0.15) is 50.4 Å². The molecule has 118 valence electrons. The number of carbonyl (C=O) groups is 1. The lowest BCUT2D eigenvalue weighted by molar-refractivity contribution is 0.0953. The molecule has 0 aromatic heterocycles. The Labute approximate surface area is 131 Å². The SMILES string of the molecule is CCCCOc1c(Cl)cc(C(=O)NCCC)cc1OCC. The highest BCUT2D eigenvalue weighted by atomic mass is 35.5. The molecule has 0 bridgehead atoms. The predicted octanol–water partition coefficient (Wildman–Crippen LogP) is 4.06. The number of unbranched alkanes of at least 4 members (excludes halogenated alkanes) is 1. The largest absolute Gasteiger partial charge is 0.490 e. The lowest BCUT2D eigenvalue weighted by Crippen LogP contribution is -2.24. The van der Waals surface area contributed by atoms with Gasteiger partial charge in [0, 0.05) is 12.1 Å². The zero-order chi connectivity index (χ0) is 15.7. The van der Waals surface area contributed by atoms with E-state index in [0.717, 1.165) is 19.3 Å². The smallest absolute Gasteiger partial charge is 0.251 e. The molecule has 1 aromatic rings. The van der Waals surface area contributed by atoms with E-state index >= 15 is 0 Å². The molecule has 0 fully saturated rings. The molecule has 5 heteroatoms. The maximum Gasteiger partial charge on any atom is 0.251 e. The van der Waals surface area contributed by atoms with Gasteiger partial charge in [-0.3, -0.25) is 4.79 Å². The van der Waals surface area contributed by atoms with Crippen molar-refractivity contribution in [3.63, 3.8) is 0 Å². The molecule has 1 N–H and O–H groups in total. The molecule has 0 heterocycles. The molecule has 1 rings (SSSR count). The summed E-state index contributed by atoms with van der Waals surface area (Å²) in [6.07, 6.45) is 2.87. The topological polar surface area (TPSA) is 47.6 Å². The van der Waals surface area contributed by atoms with Crippen molar-refractivity contribution in [3.05, 3.63) is 22.7 Å². The minimum absolute atomic E-state index is 0.153. The van der Waals surface area contributed by atoms with E-state index in [1.807, 2.05) is 13.8 Å². The van der Waals surface area contributed by atoms with E-state index in [1.165, 1.54) is 0 Å². The zero-order valence-electron chi connectivity index (χ0n) is 13.0. The fraction of sp³-hybridized carbons (Fsp3) is 0.562. The maximum absolute atomic E-state index is 12.0. The van der Waals surface area contributed by atoms with Crippen molar-refractivity contribution in [2.45, 2.75) is 40.0 Å². The van der Waals surface area contributed by atoms with E-state index < -0.39 is 0 Å².